The molecule has 0 spiro atoms. The fourth-order valence-electron chi connectivity index (χ4n) is 1.63. The van der Waals surface area contributed by atoms with Crippen LogP contribution in [0.1, 0.15) is 5.56 Å². The molecular weight excluding hydrogens is 445 g/mol. The van der Waals surface area contributed by atoms with Gasteiger partial charge in [-0.15, -0.1) is 0 Å². The summed E-state index contributed by atoms with van der Waals surface area (Å²) < 4.78 is 28.3. The lowest BCUT2D eigenvalue weighted by molar-refractivity contribution is 0.281. The van der Waals surface area contributed by atoms with Gasteiger partial charge >= 0.3 is 0 Å². The lowest BCUT2D eigenvalue weighted by Crippen LogP contribution is -2.14. The summed E-state index contributed by atoms with van der Waals surface area (Å²) in [5.74, 6) is 0. The summed E-state index contributed by atoms with van der Waals surface area (Å²) in [7, 11) is -3.81. The summed E-state index contributed by atoms with van der Waals surface area (Å²) in [5.41, 5.74) is 0.840. The van der Waals surface area contributed by atoms with Crippen LogP contribution in [0.2, 0.25) is 5.02 Å². The number of halogens is 3. The Morgan fingerprint density at radius 3 is 2.57 bits per heavy atom. The molecule has 0 bridgehead atoms. The van der Waals surface area contributed by atoms with Crippen LogP contribution in [-0.4, -0.2) is 13.5 Å². The number of hydrogen-bond acceptors (Lipinski definition) is 3. The normalized spacial score (nSPS) is 11.4. The average Bonchev–Trinajstić information content (AvgIpc) is 2.44. The standard InChI is InChI=1S/C13H10Br2ClNO3S/c14-9-5-4-8(7-18)6-12(9)21(19,20)17-11-3-1-2-10(16)13(11)15/h1-6,17-18H,7H2. The van der Waals surface area contributed by atoms with Gasteiger partial charge in [0.1, 0.15) is 4.90 Å². The highest BCUT2D eigenvalue weighted by Crippen LogP contribution is 2.32. The Balaban J connectivity index is 2.46. The SMILES string of the molecule is O=S(=O)(Nc1cccc(Cl)c1Br)c1cc(CO)ccc1Br. The summed E-state index contributed by atoms with van der Waals surface area (Å²) in [6, 6.07) is 9.50. The molecule has 2 N–H and O–H groups in total. The molecule has 0 fully saturated rings. The minimum absolute atomic E-state index is 0.0425. The van der Waals surface area contributed by atoms with Crippen molar-refractivity contribution in [3.8, 4) is 0 Å². The second kappa shape index (κ2) is 6.66. The maximum absolute atomic E-state index is 12.5. The maximum atomic E-state index is 12.5. The average molecular weight is 456 g/mol. The van der Waals surface area contributed by atoms with Crippen molar-refractivity contribution in [3.63, 3.8) is 0 Å². The zero-order chi connectivity index (χ0) is 15.6. The molecule has 21 heavy (non-hydrogen) atoms. The first-order chi connectivity index (χ1) is 9.85. The summed E-state index contributed by atoms with van der Waals surface area (Å²) in [5, 5.41) is 9.53. The molecular formula is C13H10Br2ClNO3S. The number of sulfonamides is 1. The third-order valence-corrected chi connectivity index (χ3v) is 6.42. The molecule has 0 aliphatic carbocycles. The van der Waals surface area contributed by atoms with Crippen LogP contribution in [0.25, 0.3) is 0 Å². The van der Waals surface area contributed by atoms with Gasteiger partial charge in [-0.25, -0.2) is 8.42 Å². The van der Waals surface area contributed by atoms with Gasteiger partial charge in [0.25, 0.3) is 10.0 Å². The van der Waals surface area contributed by atoms with Crippen molar-refractivity contribution >= 4 is 59.2 Å². The quantitative estimate of drug-likeness (QED) is 0.728. The molecule has 0 amide bonds. The fourth-order valence-corrected chi connectivity index (χ4v) is 4.39. The Labute approximate surface area is 144 Å². The fraction of sp³-hybridized carbons (Fsp3) is 0.0769. The first-order valence-corrected chi connectivity index (χ1v) is 9.16. The minimum atomic E-state index is -3.81. The molecule has 0 heterocycles. The van der Waals surface area contributed by atoms with Crippen molar-refractivity contribution < 1.29 is 13.5 Å². The topological polar surface area (TPSA) is 66.4 Å². The van der Waals surface area contributed by atoms with Crippen molar-refractivity contribution in [3.05, 3.63) is 55.9 Å². The summed E-state index contributed by atoms with van der Waals surface area (Å²) in [4.78, 5) is 0.0425. The monoisotopic (exact) mass is 453 g/mol. The zero-order valence-corrected chi connectivity index (χ0v) is 15.2. The highest BCUT2D eigenvalue weighted by atomic mass is 79.9. The van der Waals surface area contributed by atoms with E-state index in [1.165, 1.54) is 6.07 Å². The summed E-state index contributed by atoms with van der Waals surface area (Å²) >= 11 is 12.4. The van der Waals surface area contributed by atoms with Gasteiger partial charge in [0.2, 0.25) is 0 Å². The molecule has 8 heteroatoms. The van der Waals surface area contributed by atoms with Crippen LogP contribution in [0, 0.1) is 0 Å². The van der Waals surface area contributed by atoms with Crippen molar-refractivity contribution in [1.29, 1.82) is 0 Å². The highest BCUT2D eigenvalue weighted by molar-refractivity contribution is 9.11. The van der Waals surface area contributed by atoms with Crippen molar-refractivity contribution in [2.24, 2.45) is 0 Å². The van der Waals surface area contributed by atoms with Gasteiger partial charge in [-0.2, -0.15) is 0 Å². The molecule has 112 valence electrons. The first kappa shape index (κ1) is 16.8. The Bertz CT molecular complexity index is 781. The highest BCUT2D eigenvalue weighted by Gasteiger charge is 2.20. The van der Waals surface area contributed by atoms with Gasteiger partial charge in [0.05, 0.1) is 21.8 Å². The molecule has 0 unspecified atom stereocenters. The first-order valence-electron chi connectivity index (χ1n) is 5.71. The molecule has 2 aromatic rings. The largest absolute Gasteiger partial charge is 0.392 e. The molecule has 0 radical (unpaired) electrons. The van der Waals surface area contributed by atoms with Gasteiger partial charge in [0.15, 0.2) is 0 Å². The van der Waals surface area contributed by atoms with Gasteiger partial charge in [-0.3, -0.25) is 4.72 Å². The van der Waals surface area contributed by atoms with Crippen LogP contribution in [0.4, 0.5) is 5.69 Å². The Morgan fingerprint density at radius 2 is 1.90 bits per heavy atom. The third kappa shape index (κ3) is 3.78. The van der Waals surface area contributed by atoms with E-state index in [4.69, 9.17) is 16.7 Å². The number of nitrogens with one attached hydrogen (secondary N) is 1. The molecule has 2 rings (SSSR count). The maximum Gasteiger partial charge on any atom is 0.263 e. The Hall–Kier alpha value is -0.600. The number of aliphatic hydroxyl groups excluding tert-OH is 1. The van der Waals surface area contributed by atoms with Crippen LogP contribution in [0.5, 0.6) is 0 Å². The number of anilines is 1. The molecule has 0 aromatic heterocycles. The summed E-state index contributed by atoms with van der Waals surface area (Å²) in [6.07, 6.45) is 0. The van der Waals surface area contributed by atoms with Crippen molar-refractivity contribution in [2.45, 2.75) is 11.5 Å². The zero-order valence-electron chi connectivity index (χ0n) is 10.5. The molecule has 2 aromatic carbocycles. The molecule has 4 nitrogen and oxygen atoms in total. The van der Waals surface area contributed by atoms with Crippen LogP contribution in [0.15, 0.2) is 50.2 Å². The third-order valence-electron chi connectivity index (χ3n) is 2.66. The van der Waals surface area contributed by atoms with Gasteiger partial charge < -0.3 is 5.11 Å². The summed E-state index contributed by atoms with van der Waals surface area (Å²) in [6.45, 7) is -0.239. The second-order valence-electron chi connectivity index (χ2n) is 4.13. The molecule has 0 aliphatic rings. The van der Waals surface area contributed by atoms with E-state index in [9.17, 15) is 8.42 Å². The number of rotatable bonds is 4. The van der Waals surface area contributed by atoms with Gasteiger partial charge in [0, 0.05) is 4.47 Å². The van der Waals surface area contributed by atoms with E-state index in [2.05, 4.69) is 36.6 Å². The van der Waals surface area contributed by atoms with Crippen LogP contribution in [-0.2, 0) is 16.6 Å². The number of hydrogen-bond donors (Lipinski definition) is 2. The number of aliphatic hydroxyl groups is 1. The van der Waals surface area contributed by atoms with E-state index in [1.54, 1.807) is 30.3 Å². The molecule has 0 saturated heterocycles. The predicted octanol–water partition coefficient (Wildman–Crippen LogP) is 4.16. The van der Waals surface area contributed by atoms with E-state index >= 15 is 0 Å². The smallest absolute Gasteiger partial charge is 0.263 e. The Morgan fingerprint density at radius 1 is 1.19 bits per heavy atom. The van der Waals surface area contributed by atoms with Crippen molar-refractivity contribution in [1.82, 2.24) is 0 Å². The van der Waals surface area contributed by atoms with Gasteiger partial charge in [-0.1, -0.05) is 23.7 Å². The van der Waals surface area contributed by atoms with Crippen LogP contribution < -0.4 is 4.72 Å². The molecule has 0 saturated carbocycles. The van der Waals surface area contributed by atoms with Gasteiger partial charge in [-0.05, 0) is 61.7 Å². The lowest BCUT2D eigenvalue weighted by Gasteiger charge is -2.12. The predicted molar refractivity (Wildman–Crippen MR) is 90.0 cm³/mol. The molecule has 0 aliphatic heterocycles. The van der Waals surface area contributed by atoms with Crippen LogP contribution in [0.3, 0.4) is 0 Å². The van der Waals surface area contributed by atoms with Crippen molar-refractivity contribution in [2.75, 3.05) is 4.72 Å². The van der Waals surface area contributed by atoms with E-state index in [0.29, 0.717) is 25.2 Å². The van der Waals surface area contributed by atoms with Crippen LogP contribution >= 0.6 is 43.5 Å². The Kier molecular flexibility index (Phi) is 5.32. The van der Waals surface area contributed by atoms with E-state index in [1.807, 2.05) is 0 Å². The minimum Gasteiger partial charge on any atom is -0.392 e. The molecule has 0 atom stereocenters. The van der Waals surface area contributed by atoms with E-state index in [-0.39, 0.29) is 11.5 Å². The second-order valence-corrected chi connectivity index (χ2v) is 7.84. The van der Waals surface area contributed by atoms with E-state index in [0.717, 1.165) is 0 Å². The van der Waals surface area contributed by atoms with E-state index < -0.39 is 10.0 Å². The lowest BCUT2D eigenvalue weighted by atomic mass is 10.2. The number of benzene rings is 2.